The molecule has 202 valence electrons. The van der Waals surface area contributed by atoms with E-state index < -0.39 is 6.04 Å². The number of para-hydroxylation sites is 1. The second-order valence-corrected chi connectivity index (χ2v) is 10.3. The van der Waals surface area contributed by atoms with E-state index >= 15 is 0 Å². The van der Waals surface area contributed by atoms with Gasteiger partial charge in [0.25, 0.3) is 0 Å². The van der Waals surface area contributed by atoms with Crippen molar-refractivity contribution in [3.63, 3.8) is 0 Å². The summed E-state index contributed by atoms with van der Waals surface area (Å²) in [5.74, 6) is -0.0680. The Kier molecular flexibility index (Phi) is 10.1. The Hall–Kier alpha value is -3.45. The molecule has 4 rings (SSSR count). The lowest BCUT2D eigenvalue weighted by Crippen LogP contribution is -2.53. The number of fused-ring (bicyclic) bond motifs is 1. The van der Waals surface area contributed by atoms with Crippen molar-refractivity contribution in [3.8, 4) is 11.3 Å². The summed E-state index contributed by atoms with van der Waals surface area (Å²) >= 11 is 0. The zero-order valence-corrected chi connectivity index (χ0v) is 22.4. The molecule has 2 aromatic carbocycles. The van der Waals surface area contributed by atoms with Crippen molar-refractivity contribution in [2.75, 3.05) is 13.1 Å². The molecule has 0 radical (unpaired) electrons. The lowest BCUT2D eigenvalue weighted by atomic mass is 10.0. The van der Waals surface area contributed by atoms with Crippen LogP contribution >= 0.6 is 0 Å². The SMILES string of the molecule is CC(=O)CCCCCC(NC(=O)[C@H]1CCCCN1)C(=O)NCCc1c(-c2ccccc2)[nH]c2ccccc12. The van der Waals surface area contributed by atoms with Gasteiger partial charge in [-0.3, -0.25) is 9.59 Å². The maximum Gasteiger partial charge on any atom is 0.242 e. The van der Waals surface area contributed by atoms with Crippen LogP contribution in [0.15, 0.2) is 54.6 Å². The number of carbonyl (C=O) groups excluding carboxylic acids is 3. The van der Waals surface area contributed by atoms with Crippen LogP contribution in [0.5, 0.6) is 0 Å². The van der Waals surface area contributed by atoms with Crippen LogP contribution in [0.2, 0.25) is 0 Å². The summed E-state index contributed by atoms with van der Waals surface area (Å²) in [6, 6.07) is 17.6. The van der Waals surface area contributed by atoms with Crippen LogP contribution in [0.3, 0.4) is 0 Å². The molecule has 0 spiro atoms. The number of H-pyrrole nitrogens is 1. The average Bonchev–Trinajstić information content (AvgIpc) is 3.31. The molecule has 0 saturated carbocycles. The third kappa shape index (κ3) is 7.54. The van der Waals surface area contributed by atoms with Gasteiger partial charge in [0.15, 0.2) is 0 Å². The number of carbonyl (C=O) groups is 3. The molecule has 2 amide bonds. The summed E-state index contributed by atoms with van der Waals surface area (Å²) in [4.78, 5) is 41.0. The lowest BCUT2D eigenvalue weighted by Gasteiger charge is -2.25. The molecule has 4 N–H and O–H groups in total. The van der Waals surface area contributed by atoms with E-state index in [1.165, 1.54) is 5.56 Å². The van der Waals surface area contributed by atoms with E-state index in [1.807, 2.05) is 30.3 Å². The van der Waals surface area contributed by atoms with E-state index in [4.69, 9.17) is 0 Å². The van der Waals surface area contributed by atoms with Crippen LogP contribution in [0.1, 0.15) is 63.9 Å². The van der Waals surface area contributed by atoms with Crippen molar-refractivity contribution < 1.29 is 14.4 Å². The number of ketones is 1. The molecule has 2 atom stereocenters. The third-order valence-electron chi connectivity index (χ3n) is 7.33. The van der Waals surface area contributed by atoms with Gasteiger partial charge in [-0.15, -0.1) is 0 Å². The topological polar surface area (TPSA) is 103 Å². The van der Waals surface area contributed by atoms with Crippen LogP contribution in [-0.2, 0) is 20.8 Å². The number of nitrogens with one attached hydrogen (secondary N) is 4. The number of piperidine rings is 1. The molecule has 1 fully saturated rings. The second-order valence-electron chi connectivity index (χ2n) is 10.3. The molecule has 1 aliphatic heterocycles. The molecule has 0 bridgehead atoms. The minimum Gasteiger partial charge on any atom is -0.354 e. The summed E-state index contributed by atoms with van der Waals surface area (Å²) < 4.78 is 0. The first-order valence-corrected chi connectivity index (χ1v) is 14.0. The summed E-state index contributed by atoms with van der Waals surface area (Å²) in [6.45, 7) is 2.90. The van der Waals surface area contributed by atoms with Gasteiger partial charge >= 0.3 is 0 Å². The Morgan fingerprint density at radius 3 is 2.53 bits per heavy atom. The van der Waals surface area contributed by atoms with Crippen LogP contribution in [-0.4, -0.2) is 47.8 Å². The molecule has 0 aliphatic carbocycles. The molecule has 7 nitrogen and oxygen atoms in total. The average molecular weight is 517 g/mol. The quantitative estimate of drug-likeness (QED) is 0.248. The van der Waals surface area contributed by atoms with Crippen molar-refractivity contribution in [3.05, 3.63) is 60.2 Å². The number of Topliss-reactive ketones (excluding diaryl/α,β-unsaturated/α-hetero) is 1. The molecule has 1 saturated heterocycles. The van der Waals surface area contributed by atoms with Crippen molar-refractivity contribution in [1.29, 1.82) is 0 Å². The molecule has 2 heterocycles. The predicted octanol–water partition coefficient (Wildman–Crippen LogP) is 4.66. The van der Waals surface area contributed by atoms with Gasteiger partial charge in [-0.25, -0.2) is 0 Å². The number of hydrogen-bond donors (Lipinski definition) is 4. The minimum atomic E-state index is -0.583. The molecule has 1 aliphatic rings. The molecule has 1 unspecified atom stereocenters. The van der Waals surface area contributed by atoms with Crippen molar-refractivity contribution >= 4 is 28.5 Å². The lowest BCUT2D eigenvalue weighted by molar-refractivity contribution is -0.130. The highest BCUT2D eigenvalue weighted by atomic mass is 16.2. The Morgan fingerprint density at radius 2 is 1.76 bits per heavy atom. The number of aromatic amines is 1. The molecule has 3 aromatic rings. The van der Waals surface area contributed by atoms with E-state index in [-0.39, 0.29) is 23.6 Å². The van der Waals surface area contributed by atoms with E-state index in [2.05, 4.69) is 45.2 Å². The summed E-state index contributed by atoms with van der Waals surface area (Å²) in [5.41, 5.74) is 4.42. The van der Waals surface area contributed by atoms with Gasteiger partial charge in [-0.2, -0.15) is 0 Å². The monoisotopic (exact) mass is 516 g/mol. The van der Waals surface area contributed by atoms with Gasteiger partial charge < -0.3 is 25.7 Å². The number of amides is 2. The minimum absolute atomic E-state index is 0.100. The van der Waals surface area contributed by atoms with Gasteiger partial charge in [-0.05, 0) is 62.8 Å². The van der Waals surface area contributed by atoms with E-state index in [0.717, 1.165) is 67.2 Å². The fraction of sp³-hybridized carbons (Fsp3) is 0.452. The largest absolute Gasteiger partial charge is 0.354 e. The van der Waals surface area contributed by atoms with Gasteiger partial charge in [0.05, 0.1) is 6.04 Å². The Balaban J connectivity index is 1.40. The zero-order chi connectivity index (χ0) is 26.7. The zero-order valence-electron chi connectivity index (χ0n) is 22.4. The fourth-order valence-electron chi connectivity index (χ4n) is 5.26. The first kappa shape index (κ1) is 27.6. The smallest absolute Gasteiger partial charge is 0.242 e. The summed E-state index contributed by atoms with van der Waals surface area (Å²) in [7, 11) is 0. The van der Waals surface area contributed by atoms with Crippen LogP contribution in [0.25, 0.3) is 22.2 Å². The Bertz CT molecular complexity index is 1210. The normalized spacial score (nSPS) is 16.2. The van der Waals surface area contributed by atoms with Gasteiger partial charge in [0, 0.05) is 29.6 Å². The second kappa shape index (κ2) is 13.9. The fourth-order valence-corrected chi connectivity index (χ4v) is 5.26. The highest BCUT2D eigenvalue weighted by molar-refractivity contribution is 5.91. The van der Waals surface area contributed by atoms with Crippen LogP contribution in [0.4, 0.5) is 0 Å². The van der Waals surface area contributed by atoms with Crippen molar-refractivity contribution in [2.24, 2.45) is 0 Å². The maximum atomic E-state index is 13.3. The number of benzene rings is 2. The van der Waals surface area contributed by atoms with Crippen molar-refractivity contribution in [2.45, 2.75) is 76.8 Å². The number of hydrogen-bond acceptors (Lipinski definition) is 4. The summed E-state index contributed by atoms with van der Waals surface area (Å²) in [5, 5.41) is 10.5. The van der Waals surface area contributed by atoms with E-state index in [0.29, 0.717) is 25.8 Å². The number of unbranched alkanes of at least 4 members (excludes halogenated alkanes) is 2. The molecule has 1 aromatic heterocycles. The maximum absolute atomic E-state index is 13.3. The first-order valence-electron chi connectivity index (χ1n) is 14.0. The highest BCUT2D eigenvalue weighted by Gasteiger charge is 2.26. The highest BCUT2D eigenvalue weighted by Crippen LogP contribution is 2.30. The third-order valence-corrected chi connectivity index (χ3v) is 7.33. The van der Waals surface area contributed by atoms with Crippen LogP contribution in [0, 0.1) is 0 Å². The summed E-state index contributed by atoms with van der Waals surface area (Å²) in [6.07, 6.45) is 7.12. The van der Waals surface area contributed by atoms with E-state index in [1.54, 1.807) is 6.92 Å². The molecular formula is C31H40N4O3. The predicted molar refractivity (Wildman–Crippen MR) is 152 cm³/mol. The van der Waals surface area contributed by atoms with Gasteiger partial charge in [-0.1, -0.05) is 67.8 Å². The van der Waals surface area contributed by atoms with Crippen molar-refractivity contribution in [1.82, 2.24) is 20.9 Å². The Labute approximate surface area is 225 Å². The first-order chi connectivity index (χ1) is 18.5. The molecule has 7 heteroatoms. The van der Waals surface area contributed by atoms with E-state index in [9.17, 15) is 14.4 Å². The van der Waals surface area contributed by atoms with Gasteiger partial charge in [0.1, 0.15) is 11.8 Å². The molecule has 38 heavy (non-hydrogen) atoms. The Morgan fingerprint density at radius 1 is 0.974 bits per heavy atom. The number of rotatable bonds is 13. The standard InChI is InChI=1S/C31H40N4O3/c1-22(36)12-4-2-7-18-28(35-31(38)27-17-10-11-20-32-27)30(37)33-21-19-25-24-15-8-9-16-26(24)34-29(25)23-13-5-3-6-14-23/h3,5-6,8-9,13-16,27-28,32,34H,2,4,7,10-12,17-21H2,1H3,(H,33,37)(H,35,38)/t27-,28?/m1/s1. The van der Waals surface area contributed by atoms with Gasteiger partial charge in [0.2, 0.25) is 11.8 Å². The molecular weight excluding hydrogens is 476 g/mol. The van der Waals surface area contributed by atoms with Crippen LogP contribution < -0.4 is 16.0 Å². The number of aromatic nitrogens is 1.